The molecule has 2 aliphatic heterocycles. The highest BCUT2D eigenvalue weighted by Crippen LogP contribution is 2.32. The molecule has 20 heavy (non-hydrogen) atoms. The summed E-state index contributed by atoms with van der Waals surface area (Å²) in [7, 11) is 1.75. The first-order chi connectivity index (χ1) is 9.79. The van der Waals surface area contributed by atoms with Crippen LogP contribution < -0.4 is 5.32 Å². The average Bonchev–Trinajstić information content (AvgIpc) is 2.86. The van der Waals surface area contributed by atoms with Gasteiger partial charge in [-0.25, -0.2) is 0 Å². The van der Waals surface area contributed by atoms with Gasteiger partial charge in [-0.2, -0.15) is 0 Å². The molecule has 1 N–H and O–H groups in total. The standard InChI is InChI=1S/C16H23BrN2O/c1-20-11-12-13(17)5-4-6-14(12)18-15-8-10-19-9-3-2-7-16(15)19/h4-6,15-16,18H,2-3,7-11H2,1H3. The smallest absolute Gasteiger partial charge is 0.0744 e. The van der Waals surface area contributed by atoms with E-state index in [1.54, 1.807) is 7.11 Å². The highest BCUT2D eigenvalue weighted by atomic mass is 79.9. The minimum absolute atomic E-state index is 0.584. The van der Waals surface area contributed by atoms with E-state index in [9.17, 15) is 0 Å². The largest absolute Gasteiger partial charge is 0.380 e. The van der Waals surface area contributed by atoms with Crippen molar-refractivity contribution in [3.8, 4) is 0 Å². The van der Waals surface area contributed by atoms with Gasteiger partial charge in [0, 0.05) is 41.5 Å². The zero-order chi connectivity index (χ0) is 13.9. The molecule has 1 aromatic rings. The number of halogens is 1. The molecule has 110 valence electrons. The van der Waals surface area contributed by atoms with Gasteiger partial charge >= 0.3 is 0 Å². The maximum absolute atomic E-state index is 5.34. The average molecular weight is 339 g/mol. The molecule has 2 atom stereocenters. The van der Waals surface area contributed by atoms with Crippen LogP contribution in [0.25, 0.3) is 0 Å². The van der Waals surface area contributed by atoms with Gasteiger partial charge in [0.15, 0.2) is 0 Å². The highest BCUT2D eigenvalue weighted by molar-refractivity contribution is 9.10. The molecule has 0 spiro atoms. The van der Waals surface area contributed by atoms with Crippen LogP contribution in [-0.4, -0.2) is 37.2 Å². The van der Waals surface area contributed by atoms with Gasteiger partial charge in [-0.05, 0) is 37.9 Å². The lowest BCUT2D eigenvalue weighted by Crippen LogP contribution is -2.41. The summed E-state index contributed by atoms with van der Waals surface area (Å²) >= 11 is 3.64. The van der Waals surface area contributed by atoms with Gasteiger partial charge in [-0.3, -0.25) is 4.90 Å². The minimum atomic E-state index is 0.584. The zero-order valence-electron chi connectivity index (χ0n) is 12.1. The first-order valence-corrected chi connectivity index (χ1v) is 8.36. The second-order valence-electron chi connectivity index (χ2n) is 5.84. The summed E-state index contributed by atoms with van der Waals surface area (Å²) in [5.74, 6) is 0. The van der Waals surface area contributed by atoms with Gasteiger partial charge in [0.1, 0.15) is 0 Å². The highest BCUT2D eigenvalue weighted by Gasteiger charge is 2.35. The number of piperidine rings is 1. The van der Waals surface area contributed by atoms with E-state index in [0.29, 0.717) is 12.6 Å². The fourth-order valence-corrected chi connectivity index (χ4v) is 4.08. The van der Waals surface area contributed by atoms with E-state index in [-0.39, 0.29) is 0 Å². The summed E-state index contributed by atoms with van der Waals surface area (Å²) in [4.78, 5) is 2.66. The van der Waals surface area contributed by atoms with E-state index in [1.165, 1.54) is 50.0 Å². The monoisotopic (exact) mass is 338 g/mol. The summed E-state index contributed by atoms with van der Waals surface area (Å²) in [5, 5.41) is 3.78. The zero-order valence-corrected chi connectivity index (χ0v) is 13.7. The summed E-state index contributed by atoms with van der Waals surface area (Å²) in [6.07, 6.45) is 5.34. The van der Waals surface area contributed by atoms with Crippen LogP contribution in [0, 0.1) is 0 Å². The third-order valence-electron chi connectivity index (χ3n) is 4.60. The van der Waals surface area contributed by atoms with Crippen LogP contribution in [0.1, 0.15) is 31.2 Å². The number of rotatable bonds is 4. The van der Waals surface area contributed by atoms with Crippen molar-refractivity contribution in [1.82, 2.24) is 4.90 Å². The molecule has 2 heterocycles. The van der Waals surface area contributed by atoms with Crippen LogP contribution in [0.4, 0.5) is 5.69 Å². The predicted octanol–water partition coefficient (Wildman–Crippen LogP) is 3.63. The van der Waals surface area contributed by atoms with Crippen LogP contribution in [0.2, 0.25) is 0 Å². The van der Waals surface area contributed by atoms with Gasteiger partial charge in [0.05, 0.1) is 6.61 Å². The number of anilines is 1. The molecule has 2 aliphatic rings. The molecule has 4 heteroatoms. The molecule has 0 bridgehead atoms. The molecule has 0 aliphatic carbocycles. The van der Waals surface area contributed by atoms with Crippen molar-refractivity contribution in [2.75, 3.05) is 25.5 Å². The minimum Gasteiger partial charge on any atom is -0.380 e. The van der Waals surface area contributed by atoms with Crippen molar-refractivity contribution in [3.05, 3.63) is 28.2 Å². The number of benzene rings is 1. The van der Waals surface area contributed by atoms with Crippen molar-refractivity contribution in [3.63, 3.8) is 0 Å². The van der Waals surface area contributed by atoms with Crippen molar-refractivity contribution in [2.45, 2.75) is 44.4 Å². The molecule has 0 amide bonds. The quantitative estimate of drug-likeness (QED) is 0.907. The lowest BCUT2D eigenvalue weighted by molar-refractivity contribution is 0.184. The van der Waals surface area contributed by atoms with Gasteiger partial charge in [0.2, 0.25) is 0 Å². The Morgan fingerprint density at radius 2 is 2.20 bits per heavy atom. The number of fused-ring (bicyclic) bond motifs is 1. The lowest BCUT2D eigenvalue weighted by Gasteiger charge is -2.33. The lowest BCUT2D eigenvalue weighted by atomic mass is 9.98. The van der Waals surface area contributed by atoms with Crippen molar-refractivity contribution in [1.29, 1.82) is 0 Å². The van der Waals surface area contributed by atoms with E-state index in [0.717, 1.165) is 10.5 Å². The molecule has 2 unspecified atom stereocenters. The van der Waals surface area contributed by atoms with E-state index in [2.05, 4.69) is 44.3 Å². The molecular formula is C16H23BrN2O. The van der Waals surface area contributed by atoms with Crippen LogP contribution in [0.3, 0.4) is 0 Å². The second-order valence-corrected chi connectivity index (χ2v) is 6.69. The van der Waals surface area contributed by atoms with Gasteiger partial charge in [0.25, 0.3) is 0 Å². The Labute approximate surface area is 129 Å². The number of methoxy groups -OCH3 is 1. The third kappa shape index (κ3) is 2.87. The van der Waals surface area contributed by atoms with E-state index < -0.39 is 0 Å². The molecule has 0 saturated carbocycles. The topological polar surface area (TPSA) is 24.5 Å². The maximum Gasteiger partial charge on any atom is 0.0744 e. The number of ether oxygens (including phenoxy) is 1. The fraction of sp³-hybridized carbons (Fsp3) is 0.625. The van der Waals surface area contributed by atoms with Crippen molar-refractivity contribution >= 4 is 21.6 Å². The molecule has 2 saturated heterocycles. The molecule has 0 aromatic heterocycles. The number of nitrogens with zero attached hydrogens (tertiary/aromatic N) is 1. The van der Waals surface area contributed by atoms with E-state index in [4.69, 9.17) is 4.74 Å². The Hall–Kier alpha value is -0.580. The van der Waals surface area contributed by atoms with Crippen molar-refractivity contribution in [2.24, 2.45) is 0 Å². The van der Waals surface area contributed by atoms with Gasteiger partial charge < -0.3 is 10.1 Å². The van der Waals surface area contributed by atoms with Gasteiger partial charge in [-0.15, -0.1) is 0 Å². The maximum atomic E-state index is 5.34. The Kier molecular flexibility index (Phi) is 4.64. The summed E-state index contributed by atoms with van der Waals surface area (Å²) in [6, 6.07) is 7.66. The summed E-state index contributed by atoms with van der Waals surface area (Å²) < 4.78 is 6.47. The predicted molar refractivity (Wildman–Crippen MR) is 86.1 cm³/mol. The third-order valence-corrected chi connectivity index (χ3v) is 5.35. The fourth-order valence-electron chi connectivity index (χ4n) is 3.60. The molecule has 1 aromatic carbocycles. The first-order valence-electron chi connectivity index (χ1n) is 7.56. The van der Waals surface area contributed by atoms with E-state index in [1.807, 2.05) is 0 Å². The van der Waals surface area contributed by atoms with Crippen LogP contribution in [-0.2, 0) is 11.3 Å². The molecule has 0 radical (unpaired) electrons. The van der Waals surface area contributed by atoms with Crippen LogP contribution in [0.5, 0.6) is 0 Å². The molecule has 3 nitrogen and oxygen atoms in total. The SMILES string of the molecule is COCc1c(Br)cccc1NC1CCN2CCCCC12. The second kappa shape index (κ2) is 6.46. The Morgan fingerprint density at radius 3 is 3.05 bits per heavy atom. The molecule has 3 rings (SSSR count). The van der Waals surface area contributed by atoms with Gasteiger partial charge in [-0.1, -0.05) is 28.4 Å². The molecule has 2 fully saturated rings. The number of hydrogen-bond acceptors (Lipinski definition) is 3. The Morgan fingerprint density at radius 1 is 1.30 bits per heavy atom. The molecular weight excluding hydrogens is 316 g/mol. The van der Waals surface area contributed by atoms with Crippen LogP contribution in [0.15, 0.2) is 22.7 Å². The summed E-state index contributed by atoms with van der Waals surface area (Å²) in [5.41, 5.74) is 2.45. The Balaban J connectivity index is 1.76. The summed E-state index contributed by atoms with van der Waals surface area (Å²) in [6.45, 7) is 3.17. The number of hydrogen-bond donors (Lipinski definition) is 1. The van der Waals surface area contributed by atoms with E-state index >= 15 is 0 Å². The number of nitrogens with one attached hydrogen (secondary N) is 1. The van der Waals surface area contributed by atoms with Crippen molar-refractivity contribution < 1.29 is 4.74 Å². The first kappa shape index (κ1) is 14.4. The van der Waals surface area contributed by atoms with Crippen LogP contribution >= 0.6 is 15.9 Å². The Bertz CT molecular complexity index is 466. The normalized spacial score (nSPS) is 26.5.